The summed E-state index contributed by atoms with van der Waals surface area (Å²) < 4.78 is 16.3. The van der Waals surface area contributed by atoms with E-state index in [0.29, 0.717) is 40.7 Å². The highest BCUT2D eigenvalue weighted by Gasteiger charge is 2.47. The zero-order valence-electron chi connectivity index (χ0n) is 19.9. The van der Waals surface area contributed by atoms with Gasteiger partial charge in [-0.15, -0.1) is 0 Å². The van der Waals surface area contributed by atoms with E-state index in [4.69, 9.17) is 14.2 Å². The van der Waals surface area contributed by atoms with Gasteiger partial charge in [0.25, 0.3) is 11.7 Å². The first-order valence-corrected chi connectivity index (χ1v) is 11.3. The van der Waals surface area contributed by atoms with Crippen molar-refractivity contribution >= 4 is 23.1 Å². The lowest BCUT2D eigenvalue weighted by atomic mass is 9.95. The van der Waals surface area contributed by atoms with E-state index in [1.54, 1.807) is 87.0 Å². The van der Waals surface area contributed by atoms with Crippen LogP contribution >= 0.6 is 0 Å². The number of hydrogen-bond donors (Lipinski definition) is 1. The molecule has 3 aromatic carbocycles. The second-order valence-electron chi connectivity index (χ2n) is 8.02. The van der Waals surface area contributed by atoms with Gasteiger partial charge < -0.3 is 19.3 Å². The number of nitrogens with zero attached hydrogens (tertiary/aromatic N) is 1. The maximum Gasteiger partial charge on any atom is 0.300 e. The van der Waals surface area contributed by atoms with E-state index >= 15 is 0 Å². The lowest BCUT2D eigenvalue weighted by Crippen LogP contribution is -2.29. The first-order valence-electron chi connectivity index (χ1n) is 11.3. The van der Waals surface area contributed by atoms with Gasteiger partial charge in [-0.3, -0.25) is 14.5 Å². The Bertz CT molecular complexity index is 1260. The Kier molecular flexibility index (Phi) is 7.06. The number of carbonyl (C=O) groups excluding carboxylic acids is 2. The minimum atomic E-state index is -0.867. The molecule has 35 heavy (non-hydrogen) atoms. The van der Waals surface area contributed by atoms with Crippen molar-refractivity contribution in [2.75, 3.05) is 25.7 Å². The van der Waals surface area contributed by atoms with E-state index < -0.39 is 17.7 Å². The van der Waals surface area contributed by atoms with E-state index in [0.717, 1.165) is 6.42 Å². The number of ketones is 1. The van der Waals surface area contributed by atoms with Crippen LogP contribution in [-0.4, -0.2) is 37.6 Å². The quantitative estimate of drug-likeness (QED) is 0.278. The van der Waals surface area contributed by atoms with E-state index in [-0.39, 0.29) is 11.3 Å². The van der Waals surface area contributed by atoms with E-state index in [1.807, 2.05) is 6.92 Å². The summed E-state index contributed by atoms with van der Waals surface area (Å²) >= 11 is 0. The number of aliphatic hydroxyl groups is 1. The molecule has 0 saturated carbocycles. The van der Waals surface area contributed by atoms with Crippen molar-refractivity contribution in [1.29, 1.82) is 0 Å². The average Bonchev–Trinajstić information content (AvgIpc) is 3.17. The van der Waals surface area contributed by atoms with Gasteiger partial charge in [-0.05, 0) is 60.5 Å². The Morgan fingerprint density at radius 2 is 1.57 bits per heavy atom. The van der Waals surface area contributed by atoms with E-state index in [9.17, 15) is 14.7 Å². The molecular formula is C28H27NO6. The predicted molar refractivity (Wildman–Crippen MR) is 133 cm³/mol. The minimum Gasteiger partial charge on any atom is -0.507 e. The number of carbonyl (C=O) groups is 2. The van der Waals surface area contributed by atoms with Gasteiger partial charge in [-0.25, -0.2) is 0 Å². The standard InChI is InChI=1S/C28H27NO6/c1-4-15-35-23-10-6-8-20(17-23)29-25(19-7-5-9-22(16-19)34-3)24(27(31)28(29)32)26(30)18-11-13-21(33-2)14-12-18/h5-14,16-17,25,30H,4,15H2,1-3H3/b26-24+. The third-order valence-electron chi connectivity index (χ3n) is 5.79. The molecule has 0 spiro atoms. The molecule has 180 valence electrons. The molecule has 7 heteroatoms. The smallest absolute Gasteiger partial charge is 0.300 e. The van der Waals surface area contributed by atoms with Crippen molar-refractivity contribution in [2.45, 2.75) is 19.4 Å². The van der Waals surface area contributed by atoms with Crippen LogP contribution in [0.5, 0.6) is 17.2 Å². The van der Waals surface area contributed by atoms with Crippen LogP contribution < -0.4 is 19.1 Å². The van der Waals surface area contributed by atoms with Crippen molar-refractivity contribution in [3.63, 3.8) is 0 Å². The molecule has 1 amide bonds. The number of methoxy groups -OCH3 is 2. The molecular weight excluding hydrogens is 446 g/mol. The highest BCUT2D eigenvalue weighted by molar-refractivity contribution is 6.51. The van der Waals surface area contributed by atoms with Crippen molar-refractivity contribution in [1.82, 2.24) is 0 Å². The van der Waals surface area contributed by atoms with Gasteiger partial charge in [-0.2, -0.15) is 0 Å². The van der Waals surface area contributed by atoms with Gasteiger partial charge in [0, 0.05) is 17.3 Å². The lowest BCUT2D eigenvalue weighted by molar-refractivity contribution is -0.132. The van der Waals surface area contributed by atoms with E-state index in [2.05, 4.69) is 0 Å². The molecule has 1 aliphatic rings. The Morgan fingerprint density at radius 3 is 2.26 bits per heavy atom. The lowest BCUT2D eigenvalue weighted by Gasteiger charge is -2.26. The molecule has 1 N–H and O–H groups in total. The molecule has 0 bridgehead atoms. The summed E-state index contributed by atoms with van der Waals surface area (Å²) in [5, 5.41) is 11.2. The molecule has 0 aliphatic carbocycles. The van der Waals surface area contributed by atoms with Crippen LogP contribution in [0.25, 0.3) is 5.76 Å². The van der Waals surface area contributed by atoms with Gasteiger partial charge in [-0.1, -0.05) is 25.1 Å². The van der Waals surface area contributed by atoms with Gasteiger partial charge in [0.2, 0.25) is 0 Å². The summed E-state index contributed by atoms with van der Waals surface area (Å²) in [6.07, 6.45) is 0.834. The van der Waals surface area contributed by atoms with Crippen LogP contribution in [0.3, 0.4) is 0 Å². The van der Waals surface area contributed by atoms with Crippen LogP contribution in [0, 0.1) is 0 Å². The fraction of sp³-hybridized carbons (Fsp3) is 0.214. The van der Waals surface area contributed by atoms with Gasteiger partial charge in [0.15, 0.2) is 0 Å². The average molecular weight is 474 g/mol. The first-order chi connectivity index (χ1) is 17.0. The van der Waals surface area contributed by atoms with Crippen LogP contribution in [-0.2, 0) is 9.59 Å². The normalized spacial score (nSPS) is 16.9. The van der Waals surface area contributed by atoms with Crippen LogP contribution in [0.2, 0.25) is 0 Å². The molecule has 7 nitrogen and oxygen atoms in total. The second-order valence-corrected chi connectivity index (χ2v) is 8.02. The first kappa shape index (κ1) is 23.9. The van der Waals surface area contributed by atoms with E-state index in [1.165, 1.54) is 4.90 Å². The SMILES string of the molecule is CCCOc1cccc(N2C(=O)C(=O)/C(=C(/O)c3ccc(OC)cc3)C2c2cccc(OC)c2)c1. The summed E-state index contributed by atoms with van der Waals surface area (Å²) in [6, 6.07) is 19.9. The molecule has 3 aromatic rings. The number of aliphatic hydroxyl groups excluding tert-OH is 1. The summed E-state index contributed by atoms with van der Waals surface area (Å²) in [5.74, 6) is -0.00939. The Morgan fingerprint density at radius 1 is 0.886 bits per heavy atom. The van der Waals surface area contributed by atoms with Gasteiger partial charge >= 0.3 is 0 Å². The van der Waals surface area contributed by atoms with Crippen LogP contribution in [0.1, 0.15) is 30.5 Å². The molecule has 1 aliphatic heterocycles. The highest BCUT2D eigenvalue weighted by Crippen LogP contribution is 2.43. The molecule has 1 fully saturated rings. The summed E-state index contributed by atoms with van der Waals surface area (Å²) in [5.41, 5.74) is 1.51. The third kappa shape index (κ3) is 4.71. The second kappa shape index (κ2) is 10.3. The Hall–Kier alpha value is -4.26. The topological polar surface area (TPSA) is 85.3 Å². The molecule has 0 aromatic heterocycles. The summed E-state index contributed by atoms with van der Waals surface area (Å²) in [6.45, 7) is 2.53. The van der Waals surface area contributed by atoms with Crippen LogP contribution in [0.4, 0.5) is 5.69 Å². The third-order valence-corrected chi connectivity index (χ3v) is 5.79. The number of anilines is 1. The fourth-order valence-corrected chi connectivity index (χ4v) is 4.07. The number of rotatable bonds is 8. The minimum absolute atomic E-state index is 0.00620. The van der Waals surface area contributed by atoms with Crippen molar-refractivity contribution < 1.29 is 28.9 Å². The zero-order chi connectivity index (χ0) is 24.9. The molecule has 1 unspecified atom stereocenters. The fourth-order valence-electron chi connectivity index (χ4n) is 4.07. The molecule has 1 heterocycles. The number of Topliss-reactive ketones (excluding diaryl/α,β-unsaturated/α-hetero) is 1. The maximum atomic E-state index is 13.4. The van der Waals surface area contributed by atoms with Gasteiger partial charge in [0.1, 0.15) is 23.0 Å². The Balaban J connectivity index is 1.89. The number of ether oxygens (including phenoxy) is 3. The number of hydrogen-bond acceptors (Lipinski definition) is 6. The maximum absolute atomic E-state index is 13.4. The van der Waals surface area contributed by atoms with Crippen molar-refractivity contribution in [3.8, 4) is 17.2 Å². The molecule has 0 radical (unpaired) electrons. The number of amides is 1. The molecule has 1 atom stereocenters. The highest BCUT2D eigenvalue weighted by atomic mass is 16.5. The summed E-state index contributed by atoms with van der Waals surface area (Å²) in [4.78, 5) is 28.1. The van der Waals surface area contributed by atoms with Crippen molar-refractivity contribution in [2.24, 2.45) is 0 Å². The molecule has 1 saturated heterocycles. The van der Waals surface area contributed by atoms with Gasteiger partial charge in [0.05, 0.1) is 32.4 Å². The zero-order valence-corrected chi connectivity index (χ0v) is 19.9. The molecule has 4 rings (SSSR count). The predicted octanol–water partition coefficient (Wildman–Crippen LogP) is 5.12. The number of benzene rings is 3. The summed E-state index contributed by atoms with van der Waals surface area (Å²) in [7, 11) is 3.09. The largest absolute Gasteiger partial charge is 0.507 e. The van der Waals surface area contributed by atoms with Crippen LogP contribution in [0.15, 0.2) is 78.4 Å². The Labute approximate surface area is 204 Å². The monoisotopic (exact) mass is 473 g/mol. The van der Waals surface area contributed by atoms with Crippen molar-refractivity contribution in [3.05, 3.63) is 89.5 Å².